The molecule has 2 heterocycles. The summed E-state index contributed by atoms with van der Waals surface area (Å²) in [5.74, 6) is -0.00717. The van der Waals surface area contributed by atoms with Gasteiger partial charge in [-0.25, -0.2) is 4.98 Å². The normalized spacial score (nSPS) is 17.4. The molecule has 2 N–H and O–H groups in total. The van der Waals surface area contributed by atoms with Crippen molar-refractivity contribution in [2.75, 3.05) is 13.1 Å². The lowest BCUT2D eigenvalue weighted by Crippen LogP contribution is -2.35. The van der Waals surface area contributed by atoms with Crippen LogP contribution in [0.25, 0.3) is 10.9 Å². The second-order valence-electron chi connectivity index (χ2n) is 7.35. The van der Waals surface area contributed by atoms with Crippen LogP contribution in [-0.4, -0.2) is 39.5 Å². The standard InChI is InChI=1S/C22H23ClN4O2S/c1-2-27-20(28)17-12-15(23)8-9-18(17)25-22(27)30-19(14-6-4-3-5-7-14)21(29)26-11-10-16(24)13-26/h3-9,12,16,19H,2,10-11,13,24H2,1H3/t16-,19?/m0/s1. The Bertz CT molecular complexity index is 1140. The number of nitrogens with zero attached hydrogens (tertiary/aromatic N) is 3. The van der Waals surface area contributed by atoms with Crippen LogP contribution < -0.4 is 11.3 Å². The van der Waals surface area contributed by atoms with Crippen LogP contribution in [0.4, 0.5) is 0 Å². The summed E-state index contributed by atoms with van der Waals surface area (Å²) < 4.78 is 1.60. The molecule has 0 saturated carbocycles. The van der Waals surface area contributed by atoms with E-state index in [0.29, 0.717) is 40.7 Å². The maximum absolute atomic E-state index is 13.4. The van der Waals surface area contributed by atoms with Crippen molar-refractivity contribution < 1.29 is 4.79 Å². The minimum absolute atomic E-state index is 0.00716. The van der Waals surface area contributed by atoms with Crippen molar-refractivity contribution in [2.24, 2.45) is 5.73 Å². The van der Waals surface area contributed by atoms with E-state index in [2.05, 4.69) is 0 Å². The monoisotopic (exact) mass is 442 g/mol. The lowest BCUT2D eigenvalue weighted by molar-refractivity contribution is -0.129. The predicted octanol–water partition coefficient (Wildman–Crippen LogP) is 3.46. The van der Waals surface area contributed by atoms with Crippen LogP contribution in [0.5, 0.6) is 0 Å². The first kappa shape index (κ1) is 20.9. The molecular formula is C22H23ClN4O2S. The summed E-state index contributed by atoms with van der Waals surface area (Å²) in [6, 6.07) is 14.7. The first-order chi connectivity index (χ1) is 14.5. The number of fused-ring (bicyclic) bond motifs is 1. The molecule has 0 aliphatic carbocycles. The van der Waals surface area contributed by atoms with Crippen LogP contribution in [0.15, 0.2) is 58.5 Å². The molecule has 0 spiro atoms. The van der Waals surface area contributed by atoms with E-state index < -0.39 is 5.25 Å². The smallest absolute Gasteiger partial charge is 0.262 e. The number of amides is 1. The average Bonchev–Trinajstić information content (AvgIpc) is 3.19. The third-order valence-electron chi connectivity index (χ3n) is 5.28. The number of hydrogen-bond donors (Lipinski definition) is 1. The molecule has 2 atom stereocenters. The summed E-state index contributed by atoms with van der Waals surface area (Å²) >= 11 is 7.38. The Hall–Kier alpha value is -2.35. The van der Waals surface area contributed by atoms with E-state index in [1.165, 1.54) is 11.8 Å². The van der Waals surface area contributed by atoms with Crippen molar-refractivity contribution in [1.82, 2.24) is 14.5 Å². The number of aromatic nitrogens is 2. The van der Waals surface area contributed by atoms with Gasteiger partial charge in [-0.1, -0.05) is 53.7 Å². The summed E-state index contributed by atoms with van der Waals surface area (Å²) in [5.41, 5.74) is 7.31. The van der Waals surface area contributed by atoms with Crippen molar-refractivity contribution in [1.29, 1.82) is 0 Å². The highest BCUT2D eigenvalue weighted by Crippen LogP contribution is 2.36. The van der Waals surface area contributed by atoms with Crippen LogP contribution >= 0.6 is 23.4 Å². The Morgan fingerprint density at radius 2 is 2.07 bits per heavy atom. The van der Waals surface area contributed by atoms with E-state index in [4.69, 9.17) is 22.3 Å². The van der Waals surface area contributed by atoms with Gasteiger partial charge in [-0.3, -0.25) is 14.2 Å². The average molecular weight is 443 g/mol. The minimum Gasteiger partial charge on any atom is -0.340 e. The molecule has 0 bridgehead atoms. The molecule has 6 nitrogen and oxygen atoms in total. The van der Waals surface area contributed by atoms with Gasteiger partial charge in [-0.15, -0.1) is 0 Å². The Labute approximate surface area is 184 Å². The molecule has 4 rings (SSSR count). The summed E-state index contributed by atoms with van der Waals surface area (Å²) in [6.07, 6.45) is 0.798. The van der Waals surface area contributed by atoms with Crippen LogP contribution in [0, 0.1) is 0 Å². The molecule has 1 fully saturated rings. The van der Waals surface area contributed by atoms with E-state index in [1.807, 2.05) is 42.2 Å². The highest BCUT2D eigenvalue weighted by molar-refractivity contribution is 8.00. The van der Waals surface area contributed by atoms with Gasteiger partial charge in [0, 0.05) is 30.7 Å². The Morgan fingerprint density at radius 3 is 2.73 bits per heavy atom. The lowest BCUT2D eigenvalue weighted by Gasteiger charge is -2.24. The second-order valence-corrected chi connectivity index (χ2v) is 8.86. The molecular weight excluding hydrogens is 420 g/mol. The number of rotatable bonds is 5. The zero-order chi connectivity index (χ0) is 21.3. The van der Waals surface area contributed by atoms with Gasteiger partial charge in [0.05, 0.1) is 10.9 Å². The number of carbonyl (C=O) groups is 1. The van der Waals surface area contributed by atoms with Crippen molar-refractivity contribution in [2.45, 2.75) is 36.3 Å². The number of halogens is 1. The second kappa shape index (κ2) is 8.79. The molecule has 3 aromatic rings. The first-order valence-electron chi connectivity index (χ1n) is 9.94. The molecule has 2 aromatic carbocycles. The van der Waals surface area contributed by atoms with E-state index in [1.54, 1.807) is 22.8 Å². The van der Waals surface area contributed by atoms with E-state index in [0.717, 1.165) is 12.0 Å². The molecule has 0 radical (unpaired) electrons. The van der Waals surface area contributed by atoms with E-state index in [9.17, 15) is 9.59 Å². The van der Waals surface area contributed by atoms with Crippen LogP contribution in [-0.2, 0) is 11.3 Å². The number of likely N-dealkylation sites (tertiary alicyclic amines) is 1. The fraction of sp³-hybridized carbons (Fsp3) is 0.318. The van der Waals surface area contributed by atoms with Gasteiger partial charge in [0.25, 0.3) is 5.56 Å². The van der Waals surface area contributed by atoms with Crippen molar-refractivity contribution in [3.05, 3.63) is 69.5 Å². The number of thioether (sulfide) groups is 1. The summed E-state index contributed by atoms with van der Waals surface area (Å²) in [6.45, 7) is 3.53. The largest absolute Gasteiger partial charge is 0.340 e. The molecule has 30 heavy (non-hydrogen) atoms. The zero-order valence-corrected chi connectivity index (χ0v) is 18.2. The number of carbonyl (C=O) groups excluding carboxylic acids is 1. The van der Waals surface area contributed by atoms with Gasteiger partial charge in [-0.05, 0) is 37.1 Å². The van der Waals surface area contributed by atoms with Gasteiger partial charge in [0.15, 0.2) is 5.16 Å². The fourth-order valence-corrected chi connectivity index (χ4v) is 5.11. The third kappa shape index (κ3) is 4.10. The molecule has 8 heteroatoms. The van der Waals surface area contributed by atoms with Gasteiger partial charge >= 0.3 is 0 Å². The summed E-state index contributed by atoms with van der Waals surface area (Å²) in [4.78, 5) is 33.0. The fourth-order valence-electron chi connectivity index (χ4n) is 3.69. The molecule has 1 aliphatic rings. The van der Waals surface area contributed by atoms with E-state index in [-0.39, 0.29) is 17.5 Å². The third-order valence-corrected chi connectivity index (χ3v) is 6.75. The maximum atomic E-state index is 13.4. The Morgan fingerprint density at radius 1 is 1.30 bits per heavy atom. The quantitative estimate of drug-likeness (QED) is 0.483. The number of hydrogen-bond acceptors (Lipinski definition) is 5. The van der Waals surface area contributed by atoms with Gasteiger partial charge in [0.2, 0.25) is 5.91 Å². The highest BCUT2D eigenvalue weighted by atomic mass is 35.5. The molecule has 1 unspecified atom stereocenters. The summed E-state index contributed by atoms with van der Waals surface area (Å²) in [7, 11) is 0. The van der Waals surface area contributed by atoms with Crippen molar-refractivity contribution in [3.8, 4) is 0 Å². The number of benzene rings is 2. The van der Waals surface area contributed by atoms with E-state index >= 15 is 0 Å². The Kier molecular flexibility index (Phi) is 6.13. The van der Waals surface area contributed by atoms with Crippen LogP contribution in [0.2, 0.25) is 5.02 Å². The van der Waals surface area contributed by atoms with Crippen molar-refractivity contribution >= 4 is 40.2 Å². The first-order valence-corrected chi connectivity index (χ1v) is 11.2. The van der Waals surface area contributed by atoms with Gasteiger partial charge in [0.1, 0.15) is 5.25 Å². The Balaban J connectivity index is 1.78. The van der Waals surface area contributed by atoms with Gasteiger partial charge < -0.3 is 10.6 Å². The molecule has 1 aromatic heterocycles. The van der Waals surface area contributed by atoms with Crippen LogP contribution in [0.1, 0.15) is 24.2 Å². The molecule has 1 saturated heterocycles. The molecule has 1 aliphatic heterocycles. The maximum Gasteiger partial charge on any atom is 0.262 e. The zero-order valence-electron chi connectivity index (χ0n) is 16.6. The number of nitrogens with two attached hydrogens (primary N) is 1. The van der Waals surface area contributed by atoms with Gasteiger partial charge in [-0.2, -0.15) is 0 Å². The molecule has 1 amide bonds. The van der Waals surface area contributed by atoms with Crippen molar-refractivity contribution in [3.63, 3.8) is 0 Å². The molecule has 156 valence electrons. The predicted molar refractivity (Wildman–Crippen MR) is 121 cm³/mol. The summed E-state index contributed by atoms with van der Waals surface area (Å²) in [5, 5.41) is 0.975. The van der Waals surface area contributed by atoms with Crippen LogP contribution in [0.3, 0.4) is 0 Å². The highest BCUT2D eigenvalue weighted by Gasteiger charge is 2.32. The minimum atomic E-state index is -0.508. The SMILES string of the molecule is CCn1c(SC(C(=O)N2CC[C@H](N)C2)c2ccccc2)nc2ccc(Cl)cc2c1=O. The lowest BCUT2D eigenvalue weighted by atomic mass is 10.1. The topological polar surface area (TPSA) is 81.2 Å².